The standard InChI is InChI=1S/C38H50N12O19P2S2/c39-38-46-34-27(35(56)47-38)44-19-50(34)36-28(55)29-20(66-36)15-64-70(57,58)68-30-21(16-65-71(59,73)69-29)67-37(31(30)72)49-18-43-26-32(41-17-42-33(26)49)45-23(52)4-7-60-9-11-62-13-14-63-12-10-61-8-5-40-22(51)3-6-48-24(53)1-2-25(48)54/h1-2,17-21,28-31,36-37,55,72H,3-16H2,(H,40,51)(H,57,58)(H,59,73)(H3,39,46,47,56)(H,41,42,45,52). The van der Waals surface area contributed by atoms with Crippen LogP contribution in [-0.2, 0) is 82.1 Å². The van der Waals surface area contributed by atoms with Crippen molar-refractivity contribution in [1.29, 1.82) is 0 Å². The molecule has 3 saturated heterocycles. The summed E-state index contributed by atoms with van der Waals surface area (Å²) in [6.07, 6.45) is -3.76. The molecule has 8 N–H and O–H groups in total. The van der Waals surface area contributed by atoms with E-state index in [0.717, 1.165) is 23.4 Å². The number of hydrogen-bond donors (Lipinski definition) is 8. The van der Waals surface area contributed by atoms with Crippen molar-refractivity contribution in [3.8, 4) is 0 Å². The van der Waals surface area contributed by atoms with E-state index in [9.17, 15) is 43.4 Å². The molecule has 35 heteroatoms. The Morgan fingerprint density at radius 2 is 1.42 bits per heavy atom. The minimum atomic E-state index is -5.01. The highest BCUT2D eigenvalue weighted by molar-refractivity contribution is 8.07. The Bertz CT molecular complexity index is 2820. The van der Waals surface area contributed by atoms with Crippen LogP contribution in [0.4, 0.5) is 11.8 Å². The van der Waals surface area contributed by atoms with E-state index in [1.807, 2.05) is 0 Å². The minimum absolute atomic E-state index is 0.00272. The first-order valence-corrected chi connectivity index (χ1v) is 26.9. The van der Waals surface area contributed by atoms with Gasteiger partial charge in [0.15, 0.2) is 40.6 Å². The molecule has 8 heterocycles. The lowest BCUT2D eigenvalue weighted by atomic mass is 10.1. The van der Waals surface area contributed by atoms with Gasteiger partial charge in [-0.3, -0.25) is 56.6 Å². The van der Waals surface area contributed by atoms with E-state index in [1.165, 1.54) is 21.8 Å². The van der Waals surface area contributed by atoms with Crippen molar-refractivity contribution in [2.24, 2.45) is 0 Å². The highest BCUT2D eigenvalue weighted by Crippen LogP contribution is 2.54. The minimum Gasteiger partial charge on any atom is -0.386 e. The fourth-order valence-electron chi connectivity index (χ4n) is 7.73. The molecule has 4 aliphatic heterocycles. The van der Waals surface area contributed by atoms with Crippen LogP contribution in [0.1, 0.15) is 25.3 Å². The largest absolute Gasteiger partial charge is 0.472 e. The van der Waals surface area contributed by atoms with Crippen LogP contribution in [0.2, 0.25) is 0 Å². The monoisotopic (exact) mass is 1100 g/mol. The molecule has 0 aliphatic carbocycles. The molecule has 4 amide bonds. The third-order valence-corrected chi connectivity index (χ3v) is 14.3. The molecule has 10 atom stereocenters. The number of nitrogens with one attached hydrogen (secondary N) is 3. The second-order valence-corrected chi connectivity index (χ2v) is 20.9. The first-order valence-electron chi connectivity index (χ1n) is 22.3. The van der Waals surface area contributed by atoms with Gasteiger partial charge in [-0.25, -0.2) is 24.5 Å². The third kappa shape index (κ3) is 13.6. The maximum atomic E-state index is 13.5. The summed E-state index contributed by atoms with van der Waals surface area (Å²) in [4.78, 5) is 107. The average Bonchev–Trinajstić information content (AvgIpc) is 4.16. The summed E-state index contributed by atoms with van der Waals surface area (Å²) in [5, 5.41) is 15.7. The number of aromatic amines is 1. The molecule has 0 aromatic carbocycles. The van der Waals surface area contributed by atoms with E-state index >= 15 is 0 Å². The lowest BCUT2D eigenvalue weighted by Crippen LogP contribution is -2.38. The quantitative estimate of drug-likeness (QED) is 0.0193. The highest BCUT2D eigenvalue weighted by atomic mass is 32.5. The number of ether oxygens (including phenoxy) is 6. The third-order valence-electron chi connectivity index (χ3n) is 11.2. The summed E-state index contributed by atoms with van der Waals surface area (Å²) in [5.74, 6) is -1.81. The molecule has 4 aliphatic rings. The van der Waals surface area contributed by atoms with Crippen molar-refractivity contribution >= 4 is 96.7 Å². The van der Waals surface area contributed by atoms with Crippen molar-refractivity contribution in [3.63, 3.8) is 0 Å². The first-order chi connectivity index (χ1) is 35.0. The van der Waals surface area contributed by atoms with E-state index in [1.54, 1.807) is 0 Å². The Morgan fingerprint density at radius 3 is 2.14 bits per heavy atom. The van der Waals surface area contributed by atoms with Gasteiger partial charge in [-0.2, -0.15) is 17.6 Å². The van der Waals surface area contributed by atoms with Gasteiger partial charge in [0.1, 0.15) is 36.8 Å². The Morgan fingerprint density at radius 1 is 0.808 bits per heavy atom. The molecule has 4 aromatic rings. The van der Waals surface area contributed by atoms with Crippen molar-refractivity contribution in [3.05, 3.63) is 41.5 Å². The molecule has 398 valence electrons. The predicted molar refractivity (Wildman–Crippen MR) is 252 cm³/mol. The summed E-state index contributed by atoms with van der Waals surface area (Å²) in [6.45, 7) is -3.38. The Balaban J connectivity index is 0.752. The SMILES string of the molecule is Nc1nc2c(ncn2C2OC3COP(=O)(O)OC4C(COP(O)(=S)OC3C2O)OC(n2cnc3c(NC(=O)CCOCCOCCOCCOCCNC(=O)CCN5C(=O)C=CC5=O)ncnc32)C4S)c(=O)[nH]1. The maximum Gasteiger partial charge on any atom is 0.472 e. The molecule has 0 saturated carbocycles. The van der Waals surface area contributed by atoms with Crippen LogP contribution < -0.4 is 21.9 Å². The molecule has 73 heavy (non-hydrogen) atoms. The zero-order chi connectivity index (χ0) is 51.9. The summed E-state index contributed by atoms with van der Waals surface area (Å²) in [6, 6.07) is 0. The highest BCUT2D eigenvalue weighted by Gasteiger charge is 2.53. The average molecular weight is 1100 g/mol. The number of rotatable bonds is 21. The second-order valence-electron chi connectivity index (χ2n) is 16.1. The molecular formula is C38H50N12O19P2S2. The number of nitrogen functional groups attached to an aromatic ring is 1. The van der Waals surface area contributed by atoms with Crippen LogP contribution >= 0.6 is 27.2 Å². The molecule has 0 radical (unpaired) electrons. The Labute approximate surface area is 422 Å². The number of hydrogen-bond acceptors (Lipinski definition) is 25. The number of nitrogens with zero attached hydrogens (tertiary/aromatic N) is 8. The number of fused-ring (bicyclic) bond motifs is 4. The van der Waals surface area contributed by atoms with Gasteiger partial charge in [-0.05, 0) is 11.8 Å². The normalized spacial score (nSPS) is 28.6. The molecule has 31 nitrogen and oxygen atoms in total. The number of aliphatic hydroxyl groups is 1. The van der Waals surface area contributed by atoms with Crippen LogP contribution in [0.15, 0.2) is 35.9 Å². The summed E-state index contributed by atoms with van der Waals surface area (Å²) in [5.41, 5.74) is 5.19. The number of aromatic nitrogens is 8. The van der Waals surface area contributed by atoms with Gasteiger partial charge in [0.25, 0.3) is 17.4 Å². The number of carbonyl (C=O) groups excluding carboxylic acids is 4. The molecule has 8 rings (SSSR count). The first kappa shape index (κ1) is 54.5. The number of aliphatic hydroxyl groups excluding tert-OH is 1. The molecule has 0 spiro atoms. The summed E-state index contributed by atoms with van der Waals surface area (Å²) < 4.78 is 72.5. The van der Waals surface area contributed by atoms with Gasteiger partial charge in [-0.15, -0.1) is 0 Å². The topological polar surface area (TPSA) is 399 Å². The van der Waals surface area contributed by atoms with Crippen molar-refractivity contribution < 1.29 is 85.2 Å². The fraction of sp³-hybridized carbons (Fsp3) is 0.579. The number of carbonyl (C=O) groups is 4. The van der Waals surface area contributed by atoms with E-state index in [2.05, 4.69) is 53.2 Å². The van der Waals surface area contributed by atoms with Gasteiger partial charge in [0.05, 0.1) is 90.4 Å². The Kier molecular flexibility index (Phi) is 18.1. The van der Waals surface area contributed by atoms with Gasteiger partial charge in [0, 0.05) is 31.7 Å². The van der Waals surface area contributed by atoms with Gasteiger partial charge in [-0.1, -0.05) is 0 Å². The molecular weight excluding hydrogens is 1050 g/mol. The number of phosphoric acid groups is 1. The smallest absolute Gasteiger partial charge is 0.386 e. The number of phosphoric ester groups is 1. The van der Waals surface area contributed by atoms with Gasteiger partial charge in [0.2, 0.25) is 17.8 Å². The van der Waals surface area contributed by atoms with Gasteiger partial charge >= 0.3 is 14.5 Å². The van der Waals surface area contributed by atoms with Crippen molar-refractivity contribution in [1.82, 2.24) is 49.3 Å². The van der Waals surface area contributed by atoms with E-state index in [4.69, 9.17) is 64.1 Å². The summed E-state index contributed by atoms with van der Waals surface area (Å²) >= 11 is 9.97. The van der Waals surface area contributed by atoms with Crippen LogP contribution in [0.3, 0.4) is 0 Å². The van der Waals surface area contributed by atoms with Crippen molar-refractivity contribution in [2.45, 2.75) is 61.1 Å². The second kappa shape index (κ2) is 24.3. The van der Waals surface area contributed by atoms with Crippen LogP contribution in [-0.4, -0.2) is 197 Å². The number of thiol groups is 1. The molecule has 10 unspecified atom stereocenters. The van der Waals surface area contributed by atoms with Crippen LogP contribution in [0, 0.1) is 0 Å². The summed E-state index contributed by atoms with van der Waals surface area (Å²) in [7, 11) is -5.01. The van der Waals surface area contributed by atoms with Crippen molar-refractivity contribution in [2.75, 3.05) is 90.2 Å². The fourth-order valence-corrected chi connectivity index (χ4v) is 10.7. The zero-order valence-corrected chi connectivity index (χ0v) is 41.7. The predicted octanol–water partition coefficient (Wildman–Crippen LogP) is -2.04. The number of amides is 4. The van der Waals surface area contributed by atoms with Crippen LogP contribution in [0.5, 0.6) is 0 Å². The van der Waals surface area contributed by atoms with Crippen LogP contribution in [0.25, 0.3) is 22.3 Å². The maximum absolute atomic E-state index is 13.5. The van der Waals surface area contributed by atoms with Gasteiger partial charge < -0.3 is 64.2 Å². The Hall–Kier alpha value is -4.77. The molecule has 3 fully saturated rings. The number of H-pyrrole nitrogens is 1. The number of imide groups is 1. The van der Waals surface area contributed by atoms with E-state index in [-0.39, 0.29) is 92.4 Å². The zero-order valence-electron chi connectivity index (χ0n) is 38.2. The number of anilines is 2. The number of imidazole rings is 2. The van der Waals surface area contributed by atoms with E-state index < -0.39 is 99.3 Å². The lowest BCUT2D eigenvalue weighted by Gasteiger charge is -2.29. The molecule has 0 bridgehead atoms. The van der Waals surface area contributed by atoms with E-state index in [0.29, 0.717) is 26.4 Å². The lowest BCUT2D eigenvalue weighted by molar-refractivity contribution is -0.137. The number of nitrogens with two attached hydrogens (primary N) is 1. The molecule has 4 aromatic heterocycles.